The van der Waals surface area contributed by atoms with Gasteiger partial charge in [0, 0.05) is 10.6 Å². The maximum atomic E-state index is 9.98. The highest BCUT2D eigenvalue weighted by atomic mass is 35.5. The molecule has 0 radical (unpaired) electrons. The lowest BCUT2D eigenvalue weighted by Crippen LogP contribution is -1.77. The van der Waals surface area contributed by atoms with Crippen LogP contribution in [0.15, 0.2) is 18.2 Å². The van der Waals surface area contributed by atoms with E-state index >= 15 is 0 Å². The highest BCUT2D eigenvalue weighted by Crippen LogP contribution is 2.19. The maximum Gasteiger partial charge on any atom is 0.131 e. The van der Waals surface area contributed by atoms with Crippen molar-refractivity contribution in [2.45, 2.75) is 6.42 Å². The number of halogens is 2. The third-order valence-electron chi connectivity index (χ3n) is 1.34. The van der Waals surface area contributed by atoms with Gasteiger partial charge in [-0.1, -0.05) is 35.0 Å². The van der Waals surface area contributed by atoms with Gasteiger partial charge in [0.25, 0.3) is 0 Å². The van der Waals surface area contributed by atoms with Gasteiger partial charge in [0.2, 0.25) is 0 Å². The van der Waals surface area contributed by atoms with Crippen LogP contribution in [0.1, 0.15) is 12.0 Å². The van der Waals surface area contributed by atoms with E-state index < -0.39 is 0 Å². The van der Waals surface area contributed by atoms with Crippen molar-refractivity contribution in [2.75, 3.05) is 0 Å². The average molecular weight is 213 g/mol. The highest BCUT2D eigenvalue weighted by Gasteiger charge is 1.96. The van der Waals surface area contributed by atoms with Crippen molar-refractivity contribution in [3.63, 3.8) is 0 Å². The van der Waals surface area contributed by atoms with Gasteiger partial charge in [-0.15, -0.1) is 0 Å². The van der Waals surface area contributed by atoms with E-state index in [1.54, 1.807) is 18.2 Å². The fourth-order valence-corrected chi connectivity index (χ4v) is 1.23. The van der Waals surface area contributed by atoms with Gasteiger partial charge in [0.1, 0.15) is 6.29 Å². The van der Waals surface area contributed by atoms with Gasteiger partial charge in [-0.05, 0) is 18.2 Å². The second-order valence-electron chi connectivity index (χ2n) is 2.30. The van der Waals surface area contributed by atoms with Gasteiger partial charge in [-0.2, -0.15) is 0 Å². The van der Waals surface area contributed by atoms with Crippen LogP contribution < -0.4 is 0 Å². The number of carbonyl (C=O) groups excluding carboxylic acids is 1. The quantitative estimate of drug-likeness (QED) is 0.517. The summed E-state index contributed by atoms with van der Waals surface area (Å²) in [7, 11) is 0. The number of hydrogen-bond acceptors (Lipinski definition) is 1. The maximum absolute atomic E-state index is 9.98. The largest absolute Gasteiger partial charge is 0.302 e. The van der Waals surface area contributed by atoms with Crippen molar-refractivity contribution in [1.29, 1.82) is 0 Å². The number of rotatable bonds is 1. The Bertz CT molecular complexity index is 374. The molecule has 1 aromatic carbocycles. The van der Waals surface area contributed by atoms with Crippen molar-refractivity contribution < 1.29 is 4.79 Å². The van der Waals surface area contributed by atoms with Crippen LogP contribution in [0.4, 0.5) is 0 Å². The summed E-state index contributed by atoms with van der Waals surface area (Å²) in [6.07, 6.45) is 0.968. The zero-order valence-corrected chi connectivity index (χ0v) is 8.19. The molecule has 0 saturated heterocycles. The minimum atomic E-state index is 0.221. The summed E-state index contributed by atoms with van der Waals surface area (Å²) in [5, 5.41) is 1.08. The molecule has 13 heavy (non-hydrogen) atoms. The van der Waals surface area contributed by atoms with Crippen molar-refractivity contribution in [3.05, 3.63) is 33.8 Å². The van der Waals surface area contributed by atoms with Gasteiger partial charge < -0.3 is 4.79 Å². The van der Waals surface area contributed by atoms with Crippen LogP contribution in [-0.4, -0.2) is 6.29 Å². The van der Waals surface area contributed by atoms with E-state index in [-0.39, 0.29) is 6.42 Å². The molecule has 0 bridgehead atoms. The van der Waals surface area contributed by atoms with Crippen molar-refractivity contribution in [2.24, 2.45) is 0 Å². The second-order valence-corrected chi connectivity index (χ2v) is 3.14. The van der Waals surface area contributed by atoms with E-state index in [0.29, 0.717) is 15.6 Å². The molecule has 0 aliphatic carbocycles. The molecule has 0 saturated carbocycles. The molecule has 1 rings (SSSR count). The summed E-state index contributed by atoms with van der Waals surface area (Å²) in [4.78, 5) is 9.98. The first kappa shape index (κ1) is 10.1. The Kier molecular flexibility index (Phi) is 3.82. The molecule has 1 aromatic rings. The molecule has 0 unspecified atom stereocenters. The topological polar surface area (TPSA) is 17.1 Å². The lowest BCUT2D eigenvalue weighted by atomic mass is 10.2. The van der Waals surface area contributed by atoms with Crippen LogP contribution >= 0.6 is 23.2 Å². The molecule has 0 aliphatic heterocycles. The first-order valence-electron chi connectivity index (χ1n) is 3.61. The zero-order chi connectivity index (χ0) is 9.68. The summed E-state index contributed by atoms with van der Waals surface area (Å²) in [6.45, 7) is 0. The van der Waals surface area contributed by atoms with Crippen molar-refractivity contribution in [3.8, 4) is 11.8 Å². The van der Waals surface area contributed by atoms with E-state index in [9.17, 15) is 4.79 Å². The number of benzene rings is 1. The molecule has 0 fully saturated rings. The molecule has 0 spiro atoms. The predicted molar refractivity (Wildman–Crippen MR) is 54.0 cm³/mol. The lowest BCUT2D eigenvalue weighted by molar-refractivity contribution is -0.107. The molecule has 0 atom stereocenters. The van der Waals surface area contributed by atoms with E-state index in [2.05, 4.69) is 11.8 Å². The summed E-state index contributed by atoms with van der Waals surface area (Å²) in [6, 6.07) is 5.05. The first-order valence-corrected chi connectivity index (χ1v) is 4.37. The molecule has 66 valence electrons. The SMILES string of the molecule is O=CCC#Cc1ccc(Cl)cc1Cl. The minimum Gasteiger partial charge on any atom is -0.302 e. The van der Waals surface area contributed by atoms with Gasteiger partial charge in [-0.3, -0.25) is 0 Å². The predicted octanol–water partition coefficient (Wildman–Crippen LogP) is 2.93. The second kappa shape index (κ2) is 4.91. The van der Waals surface area contributed by atoms with Gasteiger partial charge >= 0.3 is 0 Å². The normalized spacial score (nSPS) is 8.77. The van der Waals surface area contributed by atoms with Crippen LogP contribution in [0.5, 0.6) is 0 Å². The Hall–Kier alpha value is -0.970. The van der Waals surface area contributed by atoms with E-state index in [4.69, 9.17) is 23.2 Å². The van der Waals surface area contributed by atoms with Gasteiger partial charge in [0.05, 0.1) is 11.4 Å². The molecular formula is C10H6Cl2O. The summed E-state index contributed by atoms with van der Waals surface area (Å²) >= 11 is 11.5. The minimum absolute atomic E-state index is 0.221. The van der Waals surface area contributed by atoms with Crippen LogP contribution in [0.25, 0.3) is 0 Å². The van der Waals surface area contributed by atoms with Crippen molar-refractivity contribution >= 4 is 29.5 Å². The summed E-state index contributed by atoms with van der Waals surface area (Å²) < 4.78 is 0. The van der Waals surface area contributed by atoms with Crippen LogP contribution in [0.2, 0.25) is 10.0 Å². The van der Waals surface area contributed by atoms with E-state index in [1.165, 1.54) is 0 Å². The van der Waals surface area contributed by atoms with E-state index in [0.717, 1.165) is 6.29 Å². The number of carbonyl (C=O) groups is 1. The molecular weight excluding hydrogens is 207 g/mol. The van der Waals surface area contributed by atoms with Crippen molar-refractivity contribution in [1.82, 2.24) is 0 Å². The number of hydrogen-bond donors (Lipinski definition) is 0. The molecule has 0 heterocycles. The third kappa shape index (κ3) is 3.10. The van der Waals surface area contributed by atoms with Gasteiger partial charge in [-0.25, -0.2) is 0 Å². The molecule has 0 N–H and O–H groups in total. The monoisotopic (exact) mass is 212 g/mol. The standard InChI is InChI=1S/C10H6Cl2O/c11-9-5-4-8(10(12)7-9)3-1-2-6-13/h4-7H,2H2. The molecule has 0 aromatic heterocycles. The Morgan fingerprint density at radius 2 is 2.15 bits per heavy atom. The van der Waals surface area contributed by atoms with Crippen LogP contribution in [0.3, 0.4) is 0 Å². The zero-order valence-electron chi connectivity index (χ0n) is 6.68. The molecule has 3 heteroatoms. The van der Waals surface area contributed by atoms with E-state index in [1.807, 2.05) is 0 Å². The molecule has 1 nitrogen and oxygen atoms in total. The Morgan fingerprint density at radius 1 is 1.38 bits per heavy atom. The fraction of sp³-hybridized carbons (Fsp3) is 0.100. The first-order chi connectivity index (χ1) is 6.24. The molecule has 0 amide bonds. The smallest absolute Gasteiger partial charge is 0.131 e. The average Bonchev–Trinajstić information content (AvgIpc) is 2.09. The van der Waals surface area contributed by atoms with Gasteiger partial charge in [0.15, 0.2) is 0 Å². The van der Waals surface area contributed by atoms with Crippen LogP contribution in [0, 0.1) is 11.8 Å². The summed E-state index contributed by atoms with van der Waals surface area (Å²) in [5.41, 5.74) is 0.688. The Labute approximate surface area is 86.7 Å². The number of aldehydes is 1. The molecule has 0 aliphatic rings. The Morgan fingerprint density at radius 3 is 2.77 bits per heavy atom. The fourth-order valence-electron chi connectivity index (χ4n) is 0.779. The Balaban J connectivity index is 2.91. The third-order valence-corrected chi connectivity index (χ3v) is 1.89. The highest BCUT2D eigenvalue weighted by molar-refractivity contribution is 6.35. The summed E-state index contributed by atoms with van der Waals surface area (Å²) in [5.74, 6) is 5.44. The lowest BCUT2D eigenvalue weighted by Gasteiger charge is -1.94. The van der Waals surface area contributed by atoms with Crippen LogP contribution in [-0.2, 0) is 4.79 Å².